The van der Waals surface area contributed by atoms with Gasteiger partial charge < -0.3 is 20.7 Å². The van der Waals surface area contributed by atoms with E-state index >= 15 is 0 Å². The van der Waals surface area contributed by atoms with E-state index in [1.807, 2.05) is 24.3 Å². The minimum absolute atomic E-state index is 0.386. The molecule has 1 aromatic carbocycles. The normalized spacial score (nSPS) is 15.3. The van der Waals surface area contributed by atoms with Crippen LogP contribution in [0.5, 0.6) is 0 Å². The standard InChI is InChI=1S/C14H17N3O3/c15-13(18)5-6-14(19)16-11-1-3-12(4-2-11)17-7-9-20-10-8-17/h1-6H,7-10H2,(H2,15,18)(H,16,19). The molecule has 2 amide bonds. The zero-order valence-electron chi connectivity index (χ0n) is 11.0. The van der Waals surface area contributed by atoms with Crippen LogP contribution < -0.4 is 16.0 Å². The van der Waals surface area contributed by atoms with Crippen molar-refractivity contribution in [2.24, 2.45) is 5.73 Å². The van der Waals surface area contributed by atoms with E-state index in [9.17, 15) is 9.59 Å². The van der Waals surface area contributed by atoms with Gasteiger partial charge in [0.25, 0.3) is 0 Å². The molecule has 6 nitrogen and oxygen atoms in total. The summed E-state index contributed by atoms with van der Waals surface area (Å²) in [5.74, 6) is -1.04. The van der Waals surface area contributed by atoms with Crippen LogP contribution in [0.15, 0.2) is 36.4 Å². The SMILES string of the molecule is NC(=O)C=CC(=O)Nc1ccc(N2CCOCC2)cc1. The zero-order chi connectivity index (χ0) is 14.4. The first-order valence-electron chi connectivity index (χ1n) is 6.36. The Morgan fingerprint density at radius 3 is 2.40 bits per heavy atom. The van der Waals surface area contributed by atoms with Crippen LogP contribution in [0.25, 0.3) is 0 Å². The molecule has 0 aliphatic carbocycles. The number of rotatable bonds is 4. The van der Waals surface area contributed by atoms with E-state index in [2.05, 4.69) is 10.2 Å². The number of morpholine rings is 1. The fourth-order valence-corrected chi connectivity index (χ4v) is 1.92. The molecule has 1 saturated heterocycles. The van der Waals surface area contributed by atoms with Crippen molar-refractivity contribution >= 4 is 23.2 Å². The van der Waals surface area contributed by atoms with Crippen LogP contribution >= 0.6 is 0 Å². The highest BCUT2D eigenvalue weighted by Gasteiger charge is 2.10. The maximum atomic E-state index is 11.5. The van der Waals surface area contributed by atoms with Gasteiger partial charge in [0.1, 0.15) is 0 Å². The summed E-state index contributed by atoms with van der Waals surface area (Å²) in [6.07, 6.45) is 2.13. The molecule has 1 fully saturated rings. The van der Waals surface area contributed by atoms with Crippen molar-refractivity contribution in [1.82, 2.24) is 0 Å². The molecule has 1 aromatic rings. The number of carbonyl (C=O) groups is 2. The van der Waals surface area contributed by atoms with Gasteiger partial charge >= 0.3 is 0 Å². The molecule has 0 aromatic heterocycles. The van der Waals surface area contributed by atoms with Gasteiger partial charge in [0.15, 0.2) is 0 Å². The van der Waals surface area contributed by atoms with E-state index in [-0.39, 0.29) is 5.91 Å². The number of nitrogens with two attached hydrogens (primary N) is 1. The topological polar surface area (TPSA) is 84.7 Å². The Bertz CT molecular complexity index is 505. The second-order valence-corrected chi connectivity index (χ2v) is 4.37. The average Bonchev–Trinajstić information content (AvgIpc) is 2.47. The Kier molecular flexibility index (Phi) is 4.73. The lowest BCUT2D eigenvalue weighted by atomic mass is 10.2. The third-order valence-corrected chi connectivity index (χ3v) is 2.91. The van der Waals surface area contributed by atoms with Crippen molar-refractivity contribution in [2.45, 2.75) is 0 Å². The fraction of sp³-hybridized carbons (Fsp3) is 0.286. The number of hydrogen-bond donors (Lipinski definition) is 2. The molecule has 0 radical (unpaired) electrons. The lowest BCUT2D eigenvalue weighted by molar-refractivity contribution is -0.115. The number of nitrogens with zero attached hydrogens (tertiary/aromatic N) is 1. The first-order chi connectivity index (χ1) is 9.65. The molecule has 0 atom stereocenters. The number of hydrogen-bond acceptors (Lipinski definition) is 4. The van der Waals surface area contributed by atoms with Gasteiger partial charge in [0, 0.05) is 36.6 Å². The number of nitrogens with one attached hydrogen (secondary N) is 1. The molecule has 20 heavy (non-hydrogen) atoms. The molecule has 3 N–H and O–H groups in total. The average molecular weight is 275 g/mol. The molecule has 1 heterocycles. The van der Waals surface area contributed by atoms with Crippen molar-refractivity contribution in [1.29, 1.82) is 0 Å². The van der Waals surface area contributed by atoms with Gasteiger partial charge in [-0.1, -0.05) is 0 Å². The van der Waals surface area contributed by atoms with Crippen LogP contribution in [0.4, 0.5) is 11.4 Å². The molecule has 6 heteroatoms. The maximum Gasteiger partial charge on any atom is 0.248 e. The summed E-state index contributed by atoms with van der Waals surface area (Å²) in [5, 5.41) is 2.65. The molecule has 1 aliphatic heterocycles. The molecule has 0 unspecified atom stereocenters. The summed E-state index contributed by atoms with van der Waals surface area (Å²) < 4.78 is 5.30. The predicted octanol–water partition coefficient (Wildman–Crippen LogP) is 0.503. The zero-order valence-corrected chi connectivity index (χ0v) is 11.0. The van der Waals surface area contributed by atoms with Crippen LogP contribution in [-0.4, -0.2) is 38.1 Å². The van der Waals surface area contributed by atoms with Crippen LogP contribution in [0.2, 0.25) is 0 Å². The van der Waals surface area contributed by atoms with E-state index in [1.54, 1.807) is 0 Å². The highest BCUT2D eigenvalue weighted by atomic mass is 16.5. The Balaban J connectivity index is 1.94. The van der Waals surface area contributed by atoms with Gasteiger partial charge in [-0.3, -0.25) is 9.59 Å². The lowest BCUT2D eigenvalue weighted by Gasteiger charge is -2.28. The molecule has 0 bridgehead atoms. The molecule has 2 rings (SSSR count). The summed E-state index contributed by atoms with van der Waals surface area (Å²) in [6.45, 7) is 3.20. The quantitative estimate of drug-likeness (QED) is 0.784. The van der Waals surface area contributed by atoms with Crippen molar-refractivity contribution in [2.75, 3.05) is 36.5 Å². The molecule has 0 saturated carbocycles. The van der Waals surface area contributed by atoms with Crippen molar-refractivity contribution < 1.29 is 14.3 Å². The molecule has 106 valence electrons. The minimum atomic E-state index is -0.650. The molecule has 0 spiro atoms. The summed E-state index contributed by atoms with van der Waals surface area (Å²) >= 11 is 0. The van der Waals surface area contributed by atoms with Gasteiger partial charge in [0.05, 0.1) is 13.2 Å². The molecular formula is C14H17N3O3. The Labute approximate surface area is 117 Å². The van der Waals surface area contributed by atoms with Gasteiger partial charge in [0.2, 0.25) is 11.8 Å². The van der Waals surface area contributed by atoms with Crippen LogP contribution in [0, 0.1) is 0 Å². The van der Waals surface area contributed by atoms with E-state index in [4.69, 9.17) is 10.5 Å². The smallest absolute Gasteiger partial charge is 0.248 e. The van der Waals surface area contributed by atoms with E-state index in [0.29, 0.717) is 5.69 Å². The Morgan fingerprint density at radius 2 is 1.80 bits per heavy atom. The van der Waals surface area contributed by atoms with Gasteiger partial charge in [-0.2, -0.15) is 0 Å². The summed E-state index contributed by atoms with van der Waals surface area (Å²) in [7, 11) is 0. The van der Waals surface area contributed by atoms with Crippen LogP contribution in [0.3, 0.4) is 0 Å². The first-order valence-corrected chi connectivity index (χ1v) is 6.36. The van der Waals surface area contributed by atoms with Gasteiger partial charge in [-0.15, -0.1) is 0 Å². The summed E-state index contributed by atoms with van der Waals surface area (Å²) in [5.41, 5.74) is 6.68. The predicted molar refractivity (Wildman–Crippen MR) is 76.4 cm³/mol. The monoisotopic (exact) mass is 275 g/mol. The van der Waals surface area contributed by atoms with Crippen molar-refractivity contribution in [3.05, 3.63) is 36.4 Å². The number of primary amides is 1. The second-order valence-electron chi connectivity index (χ2n) is 4.37. The highest BCUT2D eigenvalue weighted by molar-refractivity contribution is 6.03. The van der Waals surface area contributed by atoms with Gasteiger partial charge in [-0.05, 0) is 24.3 Å². The lowest BCUT2D eigenvalue weighted by Crippen LogP contribution is -2.36. The van der Waals surface area contributed by atoms with Crippen molar-refractivity contribution in [3.8, 4) is 0 Å². The third kappa shape index (κ3) is 4.10. The number of benzene rings is 1. The highest BCUT2D eigenvalue weighted by Crippen LogP contribution is 2.18. The minimum Gasteiger partial charge on any atom is -0.378 e. The Hall–Kier alpha value is -2.34. The number of ether oxygens (including phenoxy) is 1. The molecular weight excluding hydrogens is 258 g/mol. The Morgan fingerprint density at radius 1 is 1.15 bits per heavy atom. The number of amides is 2. The maximum absolute atomic E-state index is 11.5. The van der Waals surface area contributed by atoms with E-state index in [0.717, 1.165) is 44.1 Å². The van der Waals surface area contributed by atoms with E-state index in [1.165, 1.54) is 0 Å². The second kappa shape index (κ2) is 6.72. The van der Waals surface area contributed by atoms with Crippen LogP contribution in [-0.2, 0) is 14.3 Å². The fourth-order valence-electron chi connectivity index (χ4n) is 1.92. The molecule has 1 aliphatic rings. The van der Waals surface area contributed by atoms with Gasteiger partial charge in [-0.25, -0.2) is 0 Å². The summed E-state index contributed by atoms with van der Waals surface area (Å²) in [6, 6.07) is 7.53. The van der Waals surface area contributed by atoms with Crippen molar-refractivity contribution in [3.63, 3.8) is 0 Å². The third-order valence-electron chi connectivity index (χ3n) is 2.91. The number of carbonyl (C=O) groups excluding carboxylic acids is 2. The summed E-state index contributed by atoms with van der Waals surface area (Å²) in [4.78, 5) is 24.2. The van der Waals surface area contributed by atoms with Crippen LogP contribution in [0.1, 0.15) is 0 Å². The largest absolute Gasteiger partial charge is 0.378 e. The number of anilines is 2. The first kappa shape index (κ1) is 14.1. The van der Waals surface area contributed by atoms with E-state index < -0.39 is 5.91 Å².